The summed E-state index contributed by atoms with van der Waals surface area (Å²) in [4.78, 5) is 9.19. The molecule has 0 aliphatic carbocycles. The first-order chi connectivity index (χ1) is 6.02. The lowest BCUT2D eigenvalue weighted by Crippen LogP contribution is -1.90. The summed E-state index contributed by atoms with van der Waals surface area (Å²) in [6.45, 7) is 0. The third-order valence-corrected chi connectivity index (χ3v) is 2.59. The Balaban J connectivity index is 3.13. The van der Waals surface area contributed by atoms with Crippen molar-refractivity contribution in [1.82, 2.24) is 0 Å². The Morgan fingerprint density at radius 1 is 1.46 bits per heavy atom. The maximum absolute atomic E-state index is 10.4. The van der Waals surface area contributed by atoms with Crippen LogP contribution in [0.1, 0.15) is 10.4 Å². The number of benzene rings is 1. The molecule has 0 atom stereocenters. The van der Waals surface area contributed by atoms with Crippen LogP contribution in [-0.2, 0) is 0 Å². The van der Waals surface area contributed by atoms with Gasteiger partial charge in [-0.1, -0.05) is 15.9 Å². The maximum Gasteiger partial charge on any atom is 0.270 e. The van der Waals surface area contributed by atoms with Crippen molar-refractivity contribution in [1.29, 1.82) is 0 Å². The highest BCUT2D eigenvalue weighted by atomic mass is 79.9. The number of hydrogen-bond donors (Lipinski definition) is 0. The fourth-order valence-electron chi connectivity index (χ4n) is 0.807. The molecule has 0 fully saturated rings. The highest BCUT2D eigenvalue weighted by Gasteiger charge is 2.12. The van der Waals surface area contributed by atoms with Crippen molar-refractivity contribution in [2.24, 2.45) is 0 Å². The van der Waals surface area contributed by atoms with E-state index in [2.05, 4.69) is 15.9 Å². The lowest BCUT2D eigenvalue weighted by atomic mass is 10.2. The van der Waals surface area contributed by atoms with Gasteiger partial charge in [0.25, 0.3) is 5.69 Å². The summed E-state index contributed by atoms with van der Waals surface area (Å²) in [7, 11) is 0. The number of halogens is 3. The van der Waals surface area contributed by atoms with E-state index in [0.717, 1.165) is 0 Å². The van der Waals surface area contributed by atoms with E-state index in [9.17, 15) is 10.1 Å². The lowest BCUT2D eigenvalue weighted by Gasteiger charge is -2.03. The predicted molar refractivity (Wildman–Crippen MR) is 55.2 cm³/mol. The summed E-state index contributed by atoms with van der Waals surface area (Å²) in [6.07, 6.45) is 0. The molecule has 0 unspecified atom stereocenters. The van der Waals surface area contributed by atoms with Crippen LogP contribution < -0.4 is 0 Å². The molecule has 1 rings (SSSR count). The Labute approximate surface area is 92.9 Å². The van der Waals surface area contributed by atoms with Crippen molar-refractivity contribution in [2.75, 3.05) is 0 Å². The topological polar surface area (TPSA) is 43.1 Å². The van der Waals surface area contributed by atoms with E-state index in [1.54, 1.807) is 0 Å². The molecule has 0 aliphatic rings. The first-order valence-electron chi connectivity index (χ1n) is 3.24. The molecule has 3 nitrogen and oxygen atoms in total. The van der Waals surface area contributed by atoms with Gasteiger partial charge in [-0.15, -0.1) is 23.2 Å². The first kappa shape index (κ1) is 10.8. The number of nitrogens with zero attached hydrogens (tertiary/aromatic N) is 1. The molecule has 0 bridgehead atoms. The van der Waals surface area contributed by atoms with Crippen molar-refractivity contribution in [3.63, 3.8) is 0 Å². The van der Waals surface area contributed by atoms with Crippen LogP contribution in [0.15, 0.2) is 22.7 Å². The molecule has 0 radical (unpaired) electrons. The zero-order valence-electron chi connectivity index (χ0n) is 6.21. The summed E-state index contributed by atoms with van der Waals surface area (Å²) in [5.74, 6) is 0. The maximum atomic E-state index is 10.4. The second-order valence-electron chi connectivity index (χ2n) is 2.26. The molecule has 0 spiro atoms. The highest BCUT2D eigenvalue weighted by Crippen LogP contribution is 2.33. The molecule has 0 saturated carbocycles. The molecule has 70 valence electrons. The van der Waals surface area contributed by atoms with Crippen LogP contribution in [0.25, 0.3) is 0 Å². The number of hydrogen-bond acceptors (Lipinski definition) is 2. The molecule has 6 heteroatoms. The fourth-order valence-corrected chi connectivity index (χ4v) is 2.05. The third-order valence-electron chi connectivity index (χ3n) is 1.43. The Hall–Kier alpha value is -0.320. The van der Waals surface area contributed by atoms with Gasteiger partial charge in [0, 0.05) is 16.6 Å². The molecule has 0 saturated heterocycles. The van der Waals surface area contributed by atoms with Gasteiger partial charge < -0.3 is 0 Å². The quantitative estimate of drug-likeness (QED) is 0.470. The van der Waals surface area contributed by atoms with Crippen LogP contribution in [-0.4, -0.2) is 4.92 Å². The first-order valence-corrected chi connectivity index (χ1v) is 4.91. The van der Waals surface area contributed by atoms with Crippen LogP contribution in [0.5, 0.6) is 0 Å². The van der Waals surface area contributed by atoms with Crippen molar-refractivity contribution in [3.8, 4) is 0 Å². The number of non-ortho nitro benzene ring substituents is 1. The van der Waals surface area contributed by atoms with Gasteiger partial charge >= 0.3 is 0 Å². The zero-order chi connectivity index (χ0) is 10.0. The zero-order valence-corrected chi connectivity index (χ0v) is 9.30. The van der Waals surface area contributed by atoms with E-state index in [1.807, 2.05) is 0 Å². The summed E-state index contributed by atoms with van der Waals surface area (Å²) in [5, 5.41) is 10.4. The monoisotopic (exact) mass is 283 g/mol. The summed E-state index contributed by atoms with van der Waals surface area (Å²) < 4.78 is 0.539. The van der Waals surface area contributed by atoms with Gasteiger partial charge in [-0.3, -0.25) is 10.1 Å². The minimum atomic E-state index is -0.685. The van der Waals surface area contributed by atoms with Crippen LogP contribution in [0.2, 0.25) is 0 Å². The van der Waals surface area contributed by atoms with Gasteiger partial charge in [0.05, 0.1) is 4.92 Å². The van der Waals surface area contributed by atoms with Crippen molar-refractivity contribution in [3.05, 3.63) is 38.3 Å². The molecule has 13 heavy (non-hydrogen) atoms. The Kier molecular flexibility index (Phi) is 3.53. The van der Waals surface area contributed by atoms with Gasteiger partial charge in [0.2, 0.25) is 0 Å². The van der Waals surface area contributed by atoms with Crippen LogP contribution in [0, 0.1) is 10.1 Å². The van der Waals surface area contributed by atoms with Crippen molar-refractivity contribution in [2.45, 2.75) is 4.84 Å². The van der Waals surface area contributed by atoms with E-state index in [1.165, 1.54) is 18.2 Å². The molecular formula is C7H4BrCl2NO2. The number of alkyl halides is 2. The van der Waals surface area contributed by atoms with Crippen LogP contribution in [0.4, 0.5) is 5.69 Å². The Morgan fingerprint density at radius 2 is 2.08 bits per heavy atom. The molecule has 0 N–H and O–H groups in total. The molecule has 1 aromatic rings. The van der Waals surface area contributed by atoms with Gasteiger partial charge in [0.15, 0.2) is 0 Å². The number of nitro groups is 1. The minimum Gasteiger partial charge on any atom is -0.258 e. The predicted octanol–water partition coefficient (Wildman–Crippen LogP) is 3.83. The molecular weight excluding hydrogens is 281 g/mol. The van der Waals surface area contributed by atoms with Gasteiger partial charge in [-0.25, -0.2) is 0 Å². The SMILES string of the molecule is O=[N+]([O-])c1ccc(C(Cl)Cl)c(Br)c1. The Bertz CT molecular complexity index is 343. The molecule has 0 aromatic heterocycles. The number of nitro benzene ring substituents is 1. The van der Waals surface area contributed by atoms with Crippen LogP contribution >= 0.6 is 39.1 Å². The fraction of sp³-hybridized carbons (Fsp3) is 0.143. The number of rotatable bonds is 2. The van der Waals surface area contributed by atoms with E-state index >= 15 is 0 Å². The van der Waals surface area contributed by atoms with Crippen molar-refractivity contribution >= 4 is 44.8 Å². The second kappa shape index (κ2) is 4.26. The molecule has 0 aliphatic heterocycles. The molecule has 0 heterocycles. The smallest absolute Gasteiger partial charge is 0.258 e. The standard InChI is InChI=1S/C7H4BrCl2NO2/c8-6-3-4(11(12)13)1-2-5(6)7(9)10/h1-3,7H. The summed E-state index contributed by atoms with van der Waals surface area (Å²) >= 11 is 14.4. The van der Waals surface area contributed by atoms with Gasteiger partial charge in [0.1, 0.15) is 4.84 Å². The van der Waals surface area contributed by atoms with Crippen molar-refractivity contribution < 1.29 is 4.92 Å². The average molecular weight is 285 g/mol. The highest BCUT2D eigenvalue weighted by molar-refractivity contribution is 9.10. The third kappa shape index (κ3) is 2.56. The molecule has 1 aromatic carbocycles. The van der Waals surface area contributed by atoms with E-state index in [0.29, 0.717) is 10.0 Å². The normalized spacial score (nSPS) is 10.5. The van der Waals surface area contributed by atoms with E-state index < -0.39 is 9.76 Å². The lowest BCUT2D eigenvalue weighted by molar-refractivity contribution is -0.384. The Morgan fingerprint density at radius 3 is 2.46 bits per heavy atom. The van der Waals surface area contributed by atoms with E-state index in [4.69, 9.17) is 23.2 Å². The van der Waals surface area contributed by atoms with Gasteiger partial charge in [-0.2, -0.15) is 0 Å². The van der Waals surface area contributed by atoms with Crippen LogP contribution in [0.3, 0.4) is 0 Å². The summed E-state index contributed by atoms with van der Waals surface area (Å²) in [5.41, 5.74) is 0.624. The minimum absolute atomic E-state index is 0.00427. The molecule has 0 amide bonds. The van der Waals surface area contributed by atoms with Gasteiger partial charge in [-0.05, 0) is 11.6 Å². The summed E-state index contributed by atoms with van der Waals surface area (Å²) in [6, 6.07) is 4.25. The average Bonchev–Trinajstić information content (AvgIpc) is 2.03. The second-order valence-corrected chi connectivity index (χ2v) is 4.21. The largest absolute Gasteiger partial charge is 0.270 e. The van der Waals surface area contributed by atoms with E-state index in [-0.39, 0.29) is 5.69 Å².